The number of rotatable bonds is 4. The minimum atomic E-state index is -2.29. The van der Waals surface area contributed by atoms with Crippen LogP contribution in [0.5, 0.6) is 0 Å². The monoisotopic (exact) mass is 160 g/mol. The van der Waals surface area contributed by atoms with E-state index in [0.717, 1.165) is 5.57 Å². The maximum absolute atomic E-state index is 12.0. The summed E-state index contributed by atoms with van der Waals surface area (Å²) in [6, 6.07) is 0. The van der Waals surface area contributed by atoms with Crippen molar-refractivity contribution >= 4 is 0 Å². The molecular formula is C9H14F2. The second-order valence-corrected chi connectivity index (χ2v) is 2.75. The lowest BCUT2D eigenvalue weighted by Crippen LogP contribution is -2.06. The third-order valence-electron chi connectivity index (χ3n) is 1.42. The molecule has 0 amide bonds. The largest absolute Gasteiger partial charge is 0.245 e. The first-order valence-corrected chi connectivity index (χ1v) is 3.62. The lowest BCUT2D eigenvalue weighted by atomic mass is 10.1. The molecule has 1 atom stereocenters. The molecule has 2 heteroatoms. The molecule has 0 nitrogen and oxygen atoms in total. The minimum Gasteiger partial charge on any atom is -0.210 e. The molecule has 64 valence electrons. The highest BCUT2D eigenvalue weighted by Gasteiger charge is 2.14. The Hall–Kier alpha value is -0.660. The predicted molar refractivity (Wildman–Crippen MR) is 43.7 cm³/mol. The zero-order valence-corrected chi connectivity index (χ0v) is 6.98. The van der Waals surface area contributed by atoms with E-state index < -0.39 is 12.3 Å². The highest BCUT2D eigenvalue weighted by Crippen LogP contribution is 2.16. The maximum Gasteiger partial charge on any atom is 0.245 e. The highest BCUT2D eigenvalue weighted by molar-refractivity contribution is 4.97. The van der Waals surface area contributed by atoms with Crippen LogP contribution in [-0.2, 0) is 0 Å². The van der Waals surface area contributed by atoms with Crippen LogP contribution in [0.25, 0.3) is 0 Å². The van der Waals surface area contributed by atoms with E-state index in [-0.39, 0.29) is 0 Å². The van der Waals surface area contributed by atoms with Gasteiger partial charge in [-0.3, -0.25) is 0 Å². The van der Waals surface area contributed by atoms with Gasteiger partial charge in [0.1, 0.15) is 0 Å². The highest BCUT2D eigenvalue weighted by atomic mass is 19.3. The summed E-state index contributed by atoms with van der Waals surface area (Å²) in [5.74, 6) is -0.690. The Kier molecular flexibility index (Phi) is 4.75. The molecule has 0 spiro atoms. The zero-order chi connectivity index (χ0) is 8.85. The van der Waals surface area contributed by atoms with Gasteiger partial charge in [-0.25, -0.2) is 8.78 Å². The molecule has 0 aromatic heterocycles. The molecule has 0 aliphatic rings. The summed E-state index contributed by atoms with van der Waals surface area (Å²) in [6.07, 6.45) is 1.22. The first-order valence-electron chi connectivity index (χ1n) is 3.62. The van der Waals surface area contributed by atoms with E-state index in [1.165, 1.54) is 6.08 Å². The van der Waals surface area contributed by atoms with Gasteiger partial charge in [-0.15, -0.1) is 6.58 Å². The van der Waals surface area contributed by atoms with Crippen LogP contribution in [0.2, 0.25) is 0 Å². The molecule has 0 saturated carbocycles. The van der Waals surface area contributed by atoms with Crippen molar-refractivity contribution in [2.24, 2.45) is 5.92 Å². The van der Waals surface area contributed by atoms with Crippen LogP contribution < -0.4 is 0 Å². The molecule has 0 heterocycles. The Morgan fingerprint density at radius 2 is 2.00 bits per heavy atom. The Labute approximate surface area is 66.6 Å². The second-order valence-electron chi connectivity index (χ2n) is 2.75. The lowest BCUT2D eigenvalue weighted by Gasteiger charge is -2.07. The smallest absolute Gasteiger partial charge is 0.210 e. The van der Waals surface area contributed by atoms with E-state index in [4.69, 9.17) is 0 Å². The second kappa shape index (κ2) is 5.05. The van der Waals surface area contributed by atoms with Crippen molar-refractivity contribution in [2.75, 3.05) is 0 Å². The summed E-state index contributed by atoms with van der Waals surface area (Å²) >= 11 is 0. The summed E-state index contributed by atoms with van der Waals surface area (Å²) in [6.45, 7) is 7.14. The van der Waals surface area contributed by atoms with Crippen LogP contribution in [0.4, 0.5) is 8.78 Å². The van der Waals surface area contributed by atoms with Crippen LogP contribution in [0.15, 0.2) is 24.3 Å². The molecule has 0 rings (SSSR count). The van der Waals surface area contributed by atoms with Crippen molar-refractivity contribution in [1.29, 1.82) is 0 Å². The molecule has 0 aromatic carbocycles. The van der Waals surface area contributed by atoms with Gasteiger partial charge in [0.15, 0.2) is 0 Å². The van der Waals surface area contributed by atoms with E-state index >= 15 is 0 Å². The first-order chi connectivity index (χ1) is 5.07. The average molecular weight is 160 g/mol. The van der Waals surface area contributed by atoms with Gasteiger partial charge in [0.05, 0.1) is 0 Å². The number of halogens is 2. The van der Waals surface area contributed by atoms with Crippen molar-refractivity contribution in [1.82, 2.24) is 0 Å². The standard InChI is InChI=1S/C9H14F2/c1-4-8(9(10)11)6-5-7(2)3/h4-5,8-9H,1,6H2,2-3H3. The van der Waals surface area contributed by atoms with Crippen molar-refractivity contribution in [3.63, 3.8) is 0 Å². The predicted octanol–water partition coefficient (Wildman–Crippen LogP) is 3.41. The fourth-order valence-electron chi connectivity index (χ4n) is 0.674. The van der Waals surface area contributed by atoms with Crippen LogP contribution >= 0.6 is 0 Å². The summed E-state index contributed by atoms with van der Waals surface area (Å²) in [4.78, 5) is 0. The van der Waals surface area contributed by atoms with Gasteiger partial charge in [-0.1, -0.05) is 17.7 Å². The van der Waals surface area contributed by atoms with E-state index in [1.807, 2.05) is 13.8 Å². The van der Waals surface area contributed by atoms with E-state index in [1.54, 1.807) is 6.08 Å². The molecular weight excluding hydrogens is 146 g/mol. The first kappa shape index (κ1) is 10.3. The van der Waals surface area contributed by atoms with Crippen LogP contribution in [0.3, 0.4) is 0 Å². The van der Waals surface area contributed by atoms with Crippen molar-refractivity contribution in [3.8, 4) is 0 Å². The molecule has 0 N–H and O–H groups in total. The van der Waals surface area contributed by atoms with E-state index in [9.17, 15) is 8.78 Å². The third kappa shape index (κ3) is 4.71. The Morgan fingerprint density at radius 1 is 1.45 bits per heavy atom. The molecule has 0 radical (unpaired) electrons. The van der Waals surface area contributed by atoms with E-state index in [2.05, 4.69) is 6.58 Å². The molecule has 0 aromatic rings. The Bertz CT molecular complexity index is 144. The van der Waals surface area contributed by atoms with Gasteiger partial charge in [0, 0.05) is 5.92 Å². The number of alkyl halides is 2. The van der Waals surface area contributed by atoms with Crippen LogP contribution in [0.1, 0.15) is 20.3 Å². The topological polar surface area (TPSA) is 0 Å². The lowest BCUT2D eigenvalue weighted by molar-refractivity contribution is 0.102. The summed E-state index contributed by atoms with van der Waals surface area (Å²) in [7, 11) is 0. The summed E-state index contributed by atoms with van der Waals surface area (Å²) in [5, 5.41) is 0. The molecule has 0 fully saturated rings. The molecule has 11 heavy (non-hydrogen) atoms. The summed E-state index contributed by atoms with van der Waals surface area (Å²) < 4.78 is 24.1. The Balaban J connectivity index is 3.89. The van der Waals surface area contributed by atoms with Gasteiger partial charge >= 0.3 is 0 Å². The normalized spacial score (nSPS) is 12.8. The molecule has 0 saturated heterocycles. The third-order valence-corrected chi connectivity index (χ3v) is 1.42. The maximum atomic E-state index is 12.0. The average Bonchev–Trinajstić information content (AvgIpc) is 1.87. The fraction of sp³-hybridized carbons (Fsp3) is 0.556. The zero-order valence-electron chi connectivity index (χ0n) is 6.98. The van der Waals surface area contributed by atoms with Gasteiger partial charge in [-0.2, -0.15) is 0 Å². The van der Waals surface area contributed by atoms with Gasteiger partial charge < -0.3 is 0 Å². The quantitative estimate of drug-likeness (QED) is 0.553. The fourth-order valence-corrected chi connectivity index (χ4v) is 0.674. The van der Waals surface area contributed by atoms with Gasteiger partial charge in [0.25, 0.3) is 0 Å². The van der Waals surface area contributed by atoms with Gasteiger partial charge in [0.2, 0.25) is 6.43 Å². The Morgan fingerprint density at radius 3 is 2.27 bits per heavy atom. The van der Waals surface area contributed by atoms with Crippen molar-refractivity contribution in [2.45, 2.75) is 26.7 Å². The molecule has 0 aliphatic carbocycles. The van der Waals surface area contributed by atoms with Crippen LogP contribution in [-0.4, -0.2) is 6.43 Å². The number of hydrogen-bond acceptors (Lipinski definition) is 0. The number of hydrogen-bond donors (Lipinski definition) is 0. The van der Waals surface area contributed by atoms with Crippen molar-refractivity contribution in [3.05, 3.63) is 24.3 Å². The molecule has 0 bridgehead atoms. The molecule has 0 aliphatic heterocycles. The van der Waals surface area contributed by atoms with E-state index in [0.29, 0.717) is 6.42 Å². The number of allylic oxidation sites excluding steroid dienone is 3. The van der Waals surface area contributed by atoms with Crippen LogP contribution in [0, 0.1) is 5.92 Å². The van der Waals surface area contributed by atoms with Gasteiger partial charge in [-0.05, 0) is 20.3 Å². The molecule has 1 unspecified atom stereocenters. The minimum absolute atomic E-state index is 0.392. The summed E-state index contributed by atoms with van der Waals surface area (Å²) in [5.41, 5.74) is 1.07. The SMILES string of the molecule is C=CC(CC=C(C)C)C(F)F. The van der Waals surface area contributed by atoms with Crippen molar-refractivity contribution < 1.29 is 8.78 Å².